The first-order valence-corrected chi connectivity index (χ1v) is 8.55. The largest absolute Gasteiger partial charge is 0.281 e. The third kappa shape index (κ3) is 2.80. The van der Waals surface area contributed by atoms with Crippen molar-refractivity contribution in [2.75, 3.05) is 12.4 Å². The maximum absolute atomic E-state index is 12.8. The molecular weight excluding hydrogens is 286 g/mol. The Morgan fingerprint density at radius 3 is 2.53 bits per heavy atom. The van der Waals surface area contributed by atoms with Gasteiger partial charge in [-0.05, 0) is 33.1 Å². The van der Waals surface area contributed by atoms with Crippen LogP contribution in [0, 0.1) is 13.8 Å². The molecule has 0 aromatic carbocycles. The summed E-state index contributed by atoms with van der Waals surface area (Å²) >= 11 is 5.71. The van der Waals surface area contributed by atoms with Gasteiger partial charge < -0.3 is 0 Å². The fourth-order valence-electron chi connectivity index (χ4n) is 2.43. The second kappa shape index (κ2) is 5.81. The average molecular weight is 306 g/mol. The fraction of sp³-hybridized carbons (Fsp3) is 0.750. The lowest BCUT2D eigenvalue weighted by Crippen LogP contribution is -2.45. The van der Waals surface area contributed by atoms with Crippen LogP contribution in [0.15, 0.2) is 4.90 Å². The van der Waals surface area contributed by atoms with Gasteiger partial charge in [0.1, 0.15) is 4.90 Å². The van der Waals surface area contributed by atoms with Gasteiger partial charge in [0.15, 0.2) is 0 Å². The van der Waals surface area contributed by atoms with Gasteiger partial charge in [0.25, 0.3) is 0 Å². The summed E-state index contributed by atoms with van der Waals surface area (Å²) in [4.78, 5) is 0.328. The highest BCUT2D eigenvalue weighted by molar-refractivity contribution is 7.89. The molecule has 0 unspecified atom stereocenters. The Balaban J connectivity index is 2.33. The molecule has 108 valence electrons. The number of nitrogens with zero attached hydrogens (tertiary/aromatic N) is 2. The highest BCUT2D eigenvalue weighted by atomic mass is 35.5. The Bertz CT molecular complexity index is 518. The minimum absolute atomic E-state index is 0.127. The number of sulfonamides is 1. The van der Waals surface area contributed by atoms with Gasteiger partial charge in [-0.3, -0.25) is 5.10 Å². The molecule has 1 N–H and O–H groups in total. The van der Waals surface area contributed by atoms with Crippen LogP contribution < -0.4 is 0 Å². The van der Waals surface area contributed by atoms with E-state index in [1.54, 1.807) is 18.2 Å². The molecule has 0 saturated heterocycles. The van der Waals surface area contributed by atoms with Crippen LogP contribution in [0.1, 0.15) is 37.1 Å². The molecular formula is C12H20ClN3O2S. The molecule has 1 aromatic heterocycles. The Morgan fingerprint density at radius 1 is 1.42 bits per heavy atom. The number of alkyl halides is 1. The summed E-state index contributed by atoms with van der Waals surface area (Å²) < 4.78 is 27.2. The lowest BCUT2D eigenvalue weighted by molar-refractivity contribution is 0.219. The highest BCUT2D eigenvalue weighted by Crippen LogP contribution is 2.31. The lowest BCUT2D eigenvalue weighted by Gasteiger charge is -2.36. The number of nitrogens with one attached hydrogen (secondary N) is 1. The Hall–Kier alpha value is -0.590. The standard InChI is InChI=1S/C12H20ClN3O2S/c1-9-12(10(2)15-14-9)19(17,18)16(8-4-7-13)11-5-3-6-11/h11H,3-8H2,1-2H3,(H,14,15). The number of hydrogen-bond donors (Lipinski definition) is 1. The second-order valence-corrected chi connectivity index (χ2v) is 7.21. The monoisotopic (exact) mass is 305 g/mol. The highest BCUT2D eigenvalue weighted by Gasteiger charge is 2.36. The van der Waals surface area contributed by atoms with Gasteiger partial charge in [-0.2, -0.15) is 9.40 Å². The van der Waals surface area contributed by atoms with E-state index in [-0.39, 0.29) is 6.04 Å². The zero-order valence-electron chi connectivity index (χ0n) is 11.3. The molecule has 0 aliphatic heterocycles. The average Bonchev–Trinajstić information content (AvgIpc) is 2.61. The zero-order valence-corrected chi connectivity index (χ0v) is 12.9. The molecule has 0 radical (unpaired) electrons. The maximum Gasteiger partial charge on any atom is 0.246 e. The first-order chi connectivity index (χ1) is 8.98. The van der Waals surface area contributed by atoms with Gasteiger partial charge in [-0.25, -0.2) is 8.42 Å². The predicted molar refractivity (Wildman–Crippen MR) is 74.9 cm³/mol. The van der Waals surface area contributed by atoms with Crippen molar-refractivity contribution in [1.29, 1.82) is 0 Å². The van der Waals surface area contributed by atoms with Gasteiger partial charge >= 0.3 is 0 Å². The van der Waals surface area contributed by atoms with Crippen molar-refractivity contribution in [2.45, 2.75) is 50.5 Å². The van der Waals surface area contributed by atoms with E-state index in [2.05, 4.69) is 10.2 Å². The van der Waals surface area contributed by atoms with Crippen molar-refractivity contribution >= 4 is 21.6 Å². The van der Waals surface area contributed by atoms with Crippen LogP contribution in [-0.4, -0.2) is 41.4 Å². The van der Waals surface area contributed by atoms with E-state index in [9.17, 15) is 8.42 Å². The quantitative estimate of drug-likeness (QED) is 0.819. The predicted octanol–water partition coefficient (Wildman–Crippen LogP) is 2.20. The summed E-state index contributed by atoms with van der Waals surface area (Å²) in [7, 11) is -3.47. The van der Waals surface area contributed by atoms with Crippen LogP contribution in [-0.2, 0) is 10.0 Å². The van der Waals surface area contributed by atoms with E-state index in [4.69, 9.17) is 11.6 Å². The summed E-state index contributed by atoms with van der Waals surface area (Å²) in [5, 5.41) is 6.74. The number of aryl methyl sites for hydroxylation is 2. The Labute approximate surface area is 119 Å². The fourth-order valence-corrected chi connectivity index (χ4v) is 4.61. The molecule has 1 fully saturated rings. The molecule has 2 rings (SSSR count). The summed E-state index contributed by atoms with van der Waals surface area (Å²) in [5.74, 6) is 0.474. The molecule has 1 heterocycles. The van der Waals surface area contributed by atoms with E-state index in [1.165, 1.54) is 0 Å². The minimum atomic E-state index is -3.47. The van der Waals surface area contributed by atoms with Crippen molar-refractivity contribution in [3.8, 4) is 0 Å². The van der Waals surface area contributed by atoms with E-state index >= 15 is 0 Å². The normalized spacial score (nSPS) is 16.8. The first kappa shape index (κ1) is 14.8. The molecule has 1 aromatic rings. The topological polar surface area (TPSA) is 66.1 Å². The molecule has 0 atom stereocenters. The van der Waals surface area contributed by atoms with Crippen molar-refractivity contribution in [3.63, 3.8) is 0 Å². The Kier molecular flexibility index (Phi) is 4.53. The molecule has 0 bridgehead atoms. The van der Waals surface area contributed by atoms with Crippen LogP contribution in [0.25, 0.3) is 0 Å². The summed E-state index contributed by atoms with van der Waals surface area (Å²) in [6, 6.07) is 0.127. The Morgan fingerprint density at radius 2 is 2.11 bits per heavy atom. The SMILES string of the molecule is Cc1n[nH]c(C)c1S(=O)(=O)N(CCCCl)C1CCC1. The number of halogens is 1. The number of aromatic nitrogens is 2. The number of rotatable bonds is 6. The van der Waals surface area contributed by atoms with Crippen LogP contribution in [0.2, 0.25) is 0 Å². The van der Waals surface area contributed by atoms with E-state index in [0.29, 0.717) is 35.1 Å². The van der Waals surface area contributed by atoms with Crippen molar-refractivity contribution in [1.82, 2.24) is 14.5 Å². The minimum Gasteiger partial charge on any atom is -0.281 e. The molecule has 1 aliphatic rings. The summed E-state index contributed by atoms with van der Waals surface area (Å²) in [5.41, 5.74) is 1.14. The lowest BCUT2D eigenvalue weighted by atomic mass is 9.93. The summed E-state index contributed by atoms with van der Waals surface area (Å²) in [6.45, 7) is 3.95. The smallest absolute Gasteiger partial charge is 0.246 e. The third-order valence-corrected chi connectivity index (χ3v) is 6.10. The van der Waals surface area contributed by atoms with Crippen LogP contribution in [0.5, 0.6) is 0 Å². The molecule has 1 saturated carbocycles. The van der Waals surface area contributed by atoms with Crippen molar-refractivity contribution in [2.24, 2.45) is 0 Å². The molecule has 0 spiro atoms. The van der Waals surface area contributed by atoms with E-state index in [1.807, 2.05) is 0 Å². The maximum atomic E-state index is 12.8. The third-order valence-electron chi connectivity index (χ3n) is 3.62. The molecule has 7 heteroatoms. The van der Waals surface area contributed by atoms with Gasteiger partial charge in [-0.15, -0.1) is 11.6 Å². The molecule has 5 nitrogen and oxygen atoms in total. The van der Waals surface area contributed by atoms with E-state index in [0.717, 1.165) is 19.3 Å². The molecule has 19 heavy (non-hydrogen) atoms. The number of hydrogen-bond acceptors (Lipinski definition) is 3. The van der Waals surface area contributed by atoms with Crippen LogP contribution in [0.3, 0.4) is 0 Å². The number of H-pyrrole nitrogens is 1. The summed E-state index contributed by atoms with van der Waals surface area (Å²) in [6.07, 6.45) is 3.66. The van der Waals surface area contributed by atoms with Crippen molar-refractivity contribution in [3.05, 3.63) is 11.4 Å². The first-order valence-electron chi connectivity index (χ1n) is 6.58. The van der Waals surface area contributed by atoms with Crippen LogP contribution in [0.4, 0.5) is 0 Å². The van der Waals surface area contributed by atoms with E-state index < -0.39 is 10.0 Å². The molecule has 0 amide bonds. The van der Waals surface area contributed by atoms with Gasteiger partial charge in [-0.1, -0.05) is 6.42 Å². The van der Waals surface area contributed by atoms with Gasteiger partial charge in [0, 0.05) is 18.5 Å². The van der Waals surface area contributed by atoms with Crippen LogP contribution >= 0.6 is 11.6 Å². The number of aromatic amines is 1. The van der Waals surface area contributed by atoms with Crippen molar-refractivity contribution < 1.29 is 8.42 Å². The molecule has 1 aliphatic carbocycles. The van der Waals surface area contributed by atoms with Gasteiger partial charge in [0.05, 0.1) is 11.4 Å². The second-order valence-electron chi connectivity index (χ2n) is 5.01. The van der Waals surface area contributed by atoms with Gasteiger partial charge in [0.2, 0.25) is 10.0 Å². The zero-order chi connectivity index (χ0) is 14.0.